The van der Waals surface area contributed by atoms with Crippen LogP contribution in [0, 0.1) is 0 Å². The Hall–Kier alpha value is -4.65. The van der Waals surface area contributed by atoms with E-state index in [0.29, 0.717) is 43.5 Å². The highest BCUT2D eigenvalue weighted by Gasteiger charge is 2.19. The Labute approximate surface area is 241 Å². The predicted molar refractivity (Wildman–Crippen MR) is 160 cm³/mol. The summed E-state index contributed by atoms with van der Waals surface area (Å²) in [6, 6.07) is 25.0. The highest BCUT2D eigenvalue weighted by atomic mass is 16.5. The fraction of sp³-hybridized carbons (Fsp3) is 0.265. The number of nitrogens with zero attached hydrogens (tertiary/aromatic N) is 2. The zero-order valence-corrected chi connectivity index (χ0v) is 24.1. The minimum atomic E-state index is -0.284. The van der Waals surface area contributed by atoms with Crippen molar-refractivity contribution in [1.82, 2.24) is 9.88 Å². The lowest BCUT2D eigenvalue weighted by molar-refractivity contribution is -0.142. The molecule has 212 valence electrons. The predicted octanol–water partition coefficient (Wildman–Crippen LogP) is 6.59. The van der Waals surface area contributed by atoms with Crippen LogP contribution in [0.3, 0.4) is 0 Å². The van der Waals surface area contributed by atoms with E-state index in [9.17, 15) is 9.59 Å². The third-order valence-electron chi connectivity index (χ3n) is 6.73. The van der Waals surface area contributed by atoms with E-state index in [4.69, 9.17) is 14.2 Å². The number of amides is 1. The summed E-state index contributed by atoms with van der Waals surface area (Å²) in [6.07, 6.45) is 1.95. The van der Waals surface area contributed by atoms with E-state index in [0.717, 1.165) is 33.4 Å². The molecule has 0 saturated heterocycles. The normalized spacial score (nSPS) is 10.6. The van der Waals surface area contributed by atoms with Crippen LogP contribution >= 0.6 is 0 Å². The number of methoxy groups -OCH3 is 1. The van der Waals surface area contributed by atoms with Crippen LogP contribution in [0.4, 0.5) is 0 Å². The molecule has 0 fully saturated rings. The summed E-state index contributed by atoms with van der Waals surface area (Å²) >= 11 is 0. The maximum atomic E-state index is 13.5. The summed E-state index contributed by atoms with van der Waals surface area (Å²) in [4.78, 5) is 32.0. The summed E-state index contributed by atoms with van der Waals surface area (Å²) < 4.78 is 16.4. The number of hydrogen-bond donors (Lipinski definition) is 0. The molecule has 3 aromatic carbocycles. The highest BCUT2D eigenvalue weighted by molar-refractivity contribution is 5.94. The third-order valence-corrected chi connectivity index (χ3v) is 6.73. The second-order valence-corrected chi connectivity index (χ2v) is 9.39. The van der Waals surface area contributed by atoms with Crippen LogP contribution in [0.15, 0.2) is 85.1 Å². The quantitative estimate of drug-likeness (QED) is 0.185. The van der Waals surface area contributed by atoms with Gasteiger partial charge in [0.15, 0.2) is 0 Å². The maximum Gasteiger partial charge on any atom is 0.310 e. The van der Waals surface area contributed by atoms with Gasteiger partial charge in [0.05, 0.1) is 26.7 Å². The molecule has 0 spiro atoms. The molecule has 0 saturated carbocycles. The largest absolute Gasteiger partial charge is 0.496 e. The van der Waals surface area contributed by atoms with Gasteiger partial charge in [-0.15, -0.1) is 0 Å². The van der Waals surface area contributed by atoms with Crippen molar-refractivity contribution in [2.45, 2.75) is 33.7 Å². The number of esters is 1. The number of hydrogen-bond acceptors (Lipinski definition) is 6. The molecular weight excluding hydrogens is 516 g/mol. The first-order valence-electron chi connectivity index (χ1n) is 13.9. The van der Waals surface area contributed by atoms with Crippen molar-refractivity contribution in [2.75, 3.05) is 26.9 Å². The molecule has 0 N–H and O–H groups in total. The second kappa shape index (κ2) is 14.1. The van der Waals surface area contributed by atoms with Crippen LogP contribution in [0.5, 0.6) is 11.6 Å². The molecular formula is C34H36N2O5. The average molecular weight is 553 g/mol. The molecule has 4 aromatic rings. The van der Waals surface area contributed by atoms with Crippen molar-refractivity contribution in [2.24, 2.45) is 0 Å². The first-order chi connectivity index (χ1) is 20.0. The Bertz CT molecular complexity index is 1470. The zero-order valence-electron chi connectivity index (χ0n) is 24.1. The van der Waals surface area contributed by atoms with Crippen LogP contribution in [0.2, 0.25) is 0 Å². The van der Waals surface area contributed by atoms with Crippen LogP contribution in [-0.2, 0) is 22.5 Å². The lowest BCUT2D eigenvalue weighted by atomic mass is 9.93. The molecule has 0 atom stereocenters. The van der Waals surface area contributed by atoms with Gasteiger partial charge in [-0.05, 0) is 79.4 Å². The van der Waals surface area contributed by atoms with E-state index in [1.54, 1.807) is 20.2 Å². The Morgan fingerprint density at radius 2 is 1.61 bits per heavy atom. The molecule has 7 nitrogen and oxygen atoms in total. The Kier molecular flexibility index (Phi) is 10.1. The topological polar surface area (TPSA) is 78.0 Å². The van der Waals surface area contributed by atoms with Gasteiger partial charge in [-0.2, -0.15) is 0 Å². The van der Waals surface area contributed by atoms with Gasteiger partial charge in [0.2, 0.25) is 5.88 Å². The number of ether oxygens (including phenoxy) is 3. The van der Waals surface area contributed by atoms with Gasteiger partial charge in [-0.1, -0.05) is 36.4 Å². The maximum absolute atomic E-state index is 13.5. The monoisotopic (exact) mass is 552 g/mol. The number of carbonyl (C=O) groups excluding carboxylic acids is 2. The molecule has 7 heteroatoms. The number of aromatic nitrogens is 1. The van der Waals surface area contributed by atoms with E-state index < -0.39 is 0 Å². The minimum Gasteiger partial charge on any atom is -0.496 e. The van der Waals surface area contributed by atoms with Gasteiger partial charge in [-0.3, -0.25) is 9.59 Å². The molecule has 0 aliphatic rings. The van der Waals surface area contributed by atoms with Crippen LogP contribution in [-0.4, -0.2) is 48.6 Å². The second-order valence-electron chi connectivity index (χ2n) is 9.39. The Balaban J connectivity index is 1.79. The smallest absolute Gasteiger partial charge is 0.310 e. The number of pyridine rings is 1. The van der Waals surface area contributed by atoms with Crippen molar-refractivity contribution in [3.8, 4) is 33.9 Å². The number of rotatable bonds is 12. The Morgan fingerprint density at radius 3 is 2.27 bits per heavy atom. The van der Waals surface area contributed by atoms with Gasteiger partial charge in [0.25, 0.3) is 5.91 Å². The molecule has 0 aliphatic carbocycles. The van der Waals surface area contributed by atoms with Crippen molar-refractivity contribution >= 4 is 11.9 Å². The number of carbonyl (C=O) groups is 2. The third kappa shape index (κ3) is 7.31. The first-order valence-corrected chi connectivity index (χ1v) is 13.9. The molecule has 1 aromatic heterocycles. The van der Waals surface area contributed by atoms with Crippen molar-refractivity contribution in [1.29, 1.82) is 0 Å². The van der Waals surface area contributed by atoms with Crippen LogP contribution in [0.25, 0.3) is 22.3 Å². The first kappa shape index (κ1) is 29.3. The van der Waals surface area contributed by atoms with Crippen molar-refractivity contribution in [3.05, 3.63) is 102 Å². The molecule has 0 radical (unpaired) electrons. The van der Waals surface area contributed by atoms with E-state index in [1.807, 2.05) is 91.5 Å². The SMILES string of the molecule is CCOC(=O)Cc1ccc(OC)c(-c2ccc(-c3ccc(OCC)nc3)cc2CN(CC)C(=O)c2ccccc2)c1. The van der Waals surface area contributed by atoms with Gasteiger partial charge in [-0.25, -0.2) is 4.98 Å². The summed E-state index contributed by atoms with van der Waals surface area (Å²) in [5, 5.41) is 0. The summed E-state index contributed by atoms with van der Waals surface area (Å²) in [5.41, 5.74) is 6.04. The lowest BCUT2D eigenvalue weighted by Crippen LogP contribution is -2.30. The minimum absolute atomic E-state index is 0.0461. The molecule has 0 aliphatic heterocycles. The molecule has 1 heterocycles. The van der Waals surface area contributed by atoms with Crippen molar-refractivity contribution in [3.63, 3.8) is 0 Å². The lowest BCUT2D eigenvalue weighted by Gasteiger charge is -2.24. The fourth-order valence-corrected chi connectivity index (χ4v) is 4.70. The van der Waals surface area contributed by atoms with Gasteiger partial charge < -0.3 is 19.1 Å². The highest BCUT2D eigenvalue weighted by Crippen LogP contribution is 2.36. The van der Waals surface area contributed by atoms with E-state index in [-0.39, 0.29) is 18.3 Å². The van der Waals surface area contributed by atoms with Crippen LogP contribution < -0.4 is 9.47 Å². The van der Waals surface area contributed by atoms with Gasteiger partial charge >= 0.3 is 5.97 Å². The molecule has 0 unspecified atom stereocenters. The van der Waals surface area contributed by atoms with E-state index in [2.05, 4.69) is 11.1 Å². The van der Waals surface area contributed by atoms with Gasteiger partial charge in [0.1, 0.15) is 5.75 Å². The van der Waals surface area contributed by atoms with E-state index in [1.165, 1.54) is 0 Å². The Morgan fingerprint density at radius 1 is 0.829 bits per heavy atom. The average Bonchev–Trinajstić information content (AvgIpc) is 3.00. The molecule has 1 amide bonds. The summed E-state index contributed by atoms with van der Waals surface area (Å²) in [5.74, 6) is 0.914. The van der Waals surface area contributed by atoms with Crippen LogP contribution in [0.1, 0.15) is 42.3 Å². The standard InChI is InChI=1S/C34H36N2O5/c1-5-36(34(38)25-11-9-8-10-12-25)23-28-21-26(27-15-18-32(35-22-27)40-6-2)14-16-29(28)30-19-24(13-17-31(30)39-4)20-33(37)41-7-3/h8-19,21-22H,5-7,20,23H2,1-4H3. The number of benzene rings is 3. The van der Waals surface area contributed by atoms with Gasteiger partial charge in [0, 0.05) is 42.0 Å². The summed E-state index contributed by atoms with van der Waals surface area (Å²) in [7, 11) is 1.63. The summed E-state index contributed by atoms with van der Waals surface area (Å²) in [6.45, 7) is 7.47. The fourth-order valence-electron chi connectivity index (χ4n) is 4.70. The molecule has 0 bridgehead atoms. The van der Waals surface area contributed by atoms with E-state index >= 15 is 0 Å². The molecule has 4 rings (SSSR count). The zero-order chi connectivity index (χ0) is 29.2. The van der Waals surface area contributed by atoms with Crippen molar-refractivity contribution < 1.29 is 23.8 Å². The molecule has 41 heavy (non-hydrogen) atoms.